The second-order valence-electron chi connectivity index (χ2n) is 6.28. The Morgan fingerprint density at radius 2 is 1.93 bits per heavy atom. The highest BCUT2D eigenvalue weighted by Crippen LogP contribution is 2.36. The summed E-state index contributed by atoms with van der Waals surface area (Å²) in [6, 6.07) is 13.9. The SMILES string of the molecule is CCC(Oc1ccc(/C=C2/SC(=O)N(c3cccc(C)c3)C2=O)cc1)C(=O)O. The van der Waals surface area contributed by atoms with Crippen molar-refractivity contribution in [1.29, 1.82) is 0 Å². The molecular formula is C21H19NO5S. The van der Waals surface area contributed by atoms with Gasteiger partial charge in [-0.3, -0.25) is 9.59 Å². The number of ether oxygens (including phenoxy) is 1. The van der Waals surface area contributed by atoms with Crippen LogP contribution in [0.4, 0.5) is 10.5 Å². The van der Waals surface area contributed by atoms with Crippen molar-refractivity contribution in [2.24, 2.45) is 0 Å². The normalized spacial score (nSPS) is 16.5. The van der Waals surface area contributed by atoms with E-state index >= 15 is 0 Å². The molecule has 2 amide bonds. The number of aliphatic carboxylic acids is 1. The molecule has 1 unspecified atom stereocenters. The zero-order chi connectivity index (χ0) is 20.3. The Balaban J connectivity index is 1.77. The number of hydrogen-bond donors (Lipinski definition) is 1. The van der Waals surface area contributed by atoms with E-state index in [2.05, 4.69) is 0 Å². The number of benzene rings is 2. The fourth-order valence-corrected chi connectivity index (χ4v) is 3.57. The van der Waals surface area contributed by atoms with Crippen LogP contribution in [0.3, 0.4) is 0 Å². The summed E-state index contributed by atoms with van der Waals surface area (Å²) in [7, 11) is 0. The van der Waals surface area contributed by atoms with E-state index in [4.69, 9.17) is 9.84 Å². The molecule has 28 heavy (non-hydrogen) atoms. The third kappa shape index (κ3) is 4.26. The topological polar surface area (TPSA) is 83.9 Å². The van der Waals surface area contributed by atoms with E-state index < -0.39 is 12.1 Å². The first-order chi connectivity index (χ1) is 13.4. The molecule has 0 aliphatic carbocycles. The molecule has 0 bridgehead atoms. The molecular weight excluding hydrogens is 378 g/mol. The number of amides is 2. The molecule has 7 heteroatoms. The van der Waals surface area contributed by atoms with Crippen molar-refractivity contribution in [2.75, 3.05) is 4.90 Å². The molecule has 2 aromatic rings. The highest BCUT2D eigenvalue weighted by molar-refractivity contribution is 8.19. The number of carbonyl (C=O) groups excluding carboxylic acids is 2. The summed E-state index contributed by atoms with van der Waals surface area (Å²) in [5.74, 6) is -0.950. The van der Waals surface area contributed by atoms with Gasteiger partial charge in [0.2, 0.25) is 0 Å². The van der Waals surface area contributed by atoms with E-state index in [9.17, 15) is 14.4 Å². The minimum absolute atomic E-state index is 0.331. The first-order valence-electron chi connectivity index (χ1n) is 8.73. The van der Waals surface area contributed by atoms with Gasteiger partial charge < -0.3 is 9.84 Å². The Morgan fingerprint density at radius 1 is 1.21 bits per heavy atom. The lowest BCUT2D eigenvalue weighted by molar-refractivity contribution is -0.145. The van der Waals surface area contributed by atoms with Crippen molar-refractivity contribution in [3.63, 3.8) is 0 Å². The molecule has 6 nitrogen and oxygen atoms in total. The van der Waals surface area contributed by atoms with Crippen LogP contribution in [0, 0.1) is 6.92 Å². The van der Waals surface area contributed by atoms with Crippen LogP contribution in [0.25, 0.3) is 6.08 Å². The molecule has 0 saturated carbocycles. The average Bonchev–Trinajstić information content (AvgIpc) is 2.94. The predicted molar refractivity (Wildman–Crippen MR) is 108 cm³/mol. The van der Waals surface area contributed by atoms with E-state index in [0.717, 1.165) is 17.3 Å². The number of aryl methyl sites for hydroxylation is 1. The van der Waals surface area contributed by atoms with Crippen LogP contribution < -0.4 is 9.64 Å². The van der Waals surface area contributed by atoms with Gasteiger partial charge in [0.15, 0.2) is 6.10 Å². The van der Waals surface area contributed by atoms with E-state index in [-0.39, 0.29) is 11.1 Å². The number of hydrogen-bond acceptors (Lipinski definition) is 5. The van der Waals surface area contributed by atoms with Crippen molar-refractivity contribution >= 4 is 40.6 Å². The molecule has 0 radical (unpaired) electrons. The lowest BCUT2D eigenvalue weighted by Gasteiger charge is -2.13. The lowest BCUT2D eigenvalue weighted by Crippen LogP contribution is -2.27. The number of imide groups is 1. The second kappa shape index (κ2) is 8.31. The molecule has 144 valence electrons. The highest BCUT2D eigenvalue weighted by atomic mass is 32.2. The maximum atomic E-state index is 12.7. The van der Waals surface area contributed by atoms with E-state index in [1.165, 1.54) is 4.90 Å². The standard InChI is InChI=1S/C21H19NO5S/c1-3-17(20(24)25)27-16-9-7-14(8-10-16)12-18-19(23)22(21(26)28-18)15-6-4-5-13(2)11-15/h4-12,17H,3H2,1-2H3,(H,24,25)/b18-12+. The number of rotatable bonds is 6. The minimum atomic E-state index is -1.02. The van der Waals surface area contributed by atoms with Gasteiger partial charge >= 0.3 is 5.97 Å². The molecule has 0 spiro atoms. The molecule has 1 N–H and O–H groups in total. The summed E-state index contributed by atoms with van der Waals surface area (Å²) in [5, 5.41) is 8.72. The molecule has 1 heterocycles. The van der Waals surface area contributed by atoms with Crippen molar-refractivity contribution in [2.45, 2.75) is 26.4 Å². The van der Waals surface area contributed by atoms with Crippen molar-refractivity contribution in [3.05, 3.63) is 64.6 Å². The molecule has 1 atom stereocenters. The average molecular weight is 397 g/mol. The van der Waals surface area contributed by atoms with Gasteiger partial charge in [-0.1, -0.05) is 31.2 Å². The molecule has 1 fully saturated rings. The van der Waals surface area contributed by atoms with Crippen molar-refractivity contribution < 1.29 is 24.2 Å². The lowest BCUT2D eigenvalue weighted by atomic mass is 10.2. The number of carboxylic acid groups (broad SMARTS) is 1. The smallest absolute Gasteiger partial charge is 0.344 e. The van der Waals surface area contributed by atoms with Crippen LogP contribution in [-0.4, -0.2) is 28.3 Å². The predicted octanol–water partition coefficient (Wildman–Crippen LogP) is 4.48. The van der Waals surface area contributed by atoms with E-state index in [0.29, 0.717) is 28.3 Å². The summed E-state index contributed by atoms with van der Waals surface area (Å²) >= 11 is 0.889. The zero-order valence-electron chi connectivity index (χ0n) is 15.4. The van der Waals surface area contributed by atoms with Crippen LogP contribution in [0.2, 0.25) is 0 Å². The zero-order valence-corrected chi connectivity index (χ0v) is 16.2. The Labute approximate surface area is 166 Å². The fraction of sp³-hybridized carbons (Fsp3) is 0.190. The maximum Gasteiger partial charge on any atom is 0.344 e. The van der Waals surface area contributed by atoms with Gasteiger partial charge in [0.1, 0.15) is 5.75 Å². The third-order valence-electron chi connectivity index (χ3n) is 4.16. The number of thioether (sulfide) groups is 1. The Bertz CT molecular complexity index is 952. The molecule has 1 aliphatic rings. The van der Waals surface area contributed by atoms with Gasteiger partial charge in [0.05, 0.1) is 10.6 Å². The summed E-state index contributed by atoms with van der Waals surface area (Å²) in [6.45, 7) is 3.63. The number of nitrogens with zero attached hydrogens (tertiary/aromatic N) is 1. The number of anilines is 1. The highest BCUT2D eigenvalue weighted by Gasteiger charge is 2.36. The summed E-state index contributed by atoms with van der Waals surface area (Å²) in [4.78, 5) is 37.6. The Morgan fingerprint density at radius 3 is 2.54 bits per heavy atom. The Hall–Kier alpha value is -3.06. The molecule has 0 aromatic heterocycles. The van der Waals surface area contributed by atoms with Gasteiger partial charge in [-0.15, -0.1) is 0 Å². The monoisotopic (exact) mass is 397 g/mol. The second-order valence-corrected chi connectivity index (χ2v) is 7.27. The van der Waals surface area contributed by atoms with Crippen LogP contribution in [0.1, 0.15) is 24.5 Å². The van der Waals surface area contributed by atoms with Gasteiger partial charge in [-0.25, -0.2) is 9.69 Å². The largest absolute Gasteiger partial charge is 0.479 e. The van der Waals surface area contributed by atoms with E-state index in [1.54, 1.807) is 55.5 Å². The minimum Gasteiger partial charge on any atom is -0.479 e. The summed E-state index contributed by atoms with van der Waals surface area (Å²) in [6.07, 6.45) is 1.08. The molecule has 1 aliphatic heterocycles. The van der Waals surface area contributed by atoms with Crippen LogP contribution in [0.15, 0.2) is 53.4 Å². The van der Waals surface area contributed by atoms with Crippen LogP contribution in [-0.2, 0) is 9.59 Å². The fourth-order valence-electron chi connectivity index (χ4n) is 2.72. The summed E-state index contributed by atoms with van der Waals surface area (Å²) < 4.78 is 5.42. The number of carboxylic acids is 1. The van der Waals surface area contributed by atoms with Crippen LogP contribution >= 0.6 is 11.8 Å². The van der Waals surface area contributed by atoms with E-state index in [1.807, 2.05) is 13.0 Å². The molecule has 3 rings (SSSR count). The number of carbonyl (C=O) groups is 3. The molecule has 2 aromatic carbocycles. The van der Waals surface area contributed by atoms with Gasteiger partial charge in [0, 0.05) is 0 Å². The van der Waals surface area contributed by atoms with Gasteiger partial charge in [-0.05, 0) is 66.6 Å². The first kappa shape index (κ1) is 19.7. The first-order valence-corrected chi connectivity index (χ1v) is 9.55. The molecule has 1 saturated heterocycles. The maximum absolute atomic E-state index is 12.7. The third-order valence-corrected chi connectivity index (χ3v) is 5.03. The Kier molecular flexibility index (Phi) is 5.84. The quantitative estimate of drug-likeness (QED) is 0.724. The van der Waals surface area contributed by atoms with Gasteiger partial charge in [0.25, 0.3) is 11.1 Å². The van der Waals surface area contributed by atoms with Crippen molar-refractivity contribution in [1.82, 2.24) is 0 Å². The van der Waals surface area contributed by atoms with Crippen molar-refractivity contribution in [3.8, 4) is 5.75 Å². The summed E-state index contributed by atoms with van der Waals surface area (Å²) in [5.41, 5.74) is 2.22. The van der Waals surface area contributed by atoms with Gasteiger partial charge in [-0.2, -0.15) is 0 Å². The van der Waals surface area contributed by atoms with Crippen LogP contribution in [0.5, 0.6) is 5.75 Å².